The predicted octanol–water partition coefficient (Wildman–Crippen LogP) is 2.30. The summed E-state index contributed by atoms with van der Waals surface area (Å²) in [6, 6.07) is 20.8. The standard InChI is InChI=1S/C36H46N2O6S2.Li/c1-25-11-9-10-14-29(25)31-23-26(15-16-30(31)34(39)37-32(35(40)41)19-22-45-5)24-44-33(36(2,3)4)27-17-20-38(21-18-27)46(42,43)28-12-7-6-8-13-28;/h6-16,23,27,32-33H,17-22,24H2,1-5H3,(H,37,39)(H,40,41);/q;+1/p-1/t32-,33?;/m0./s1. The fourth-order valence-corrected chi connectivity index (χ4v) is 8.10. The quantitative estimate of drug-likeness (QED) is 0.277. The van der Waals surface area contributed by atoms with Crippen LogP contribution >= 0.6 is 11.8 Å². The number of hydrogen-bond acceptors (Lipinski definition) is 7. The van der Waals surface area contributed by atoms with Crippen molar-refractivity contribution in [2.24, 2.45) is 11.3 Å². The molecule has 3 aromatic carbocycles. The van der Waals surface area contributed by atoms with E-state index in [0.29, 0.717) is 54.3 Å². The van der Waals surface area contributed by atoms with E-state index in [0.717, 1.165) is 16.7 Å². The Kier molecular flexibility index (Phi) is 14.2. The van der Waals surface area contributed by atoms with Crippen molar-refractivity contribution in [1.29, 1.82) is 0 Å². The third kappa shape index (κ3) is 9.97. The Morgan fingerprint density at radius 2 is 1.64 bits per heavy atom. The summed E-state index contributed by atoms with van der Waals surface area (Å²) in [5.74, 6) is -1.02. The molecule has 0 aliphatic carbocycles. The Morgan fingerprint density at radius 1 is 1.00 bits per heavy atom. The van der Waals surface area contributed by atoms with E-state index in [4.69, 9.17) is 4.74 Å². The molecule has 47 heavy (non-hydrogen) atoms. The number of amides is 1. The first kappa shape index (κ1) is 38.9. The van der Waals surface area contributed by atoms with E-state index in [9.17, 15) is 23.1 Å². The normalized spacial score (nSPS) is 15.8. The van der Waals surface area contributed by atoms with Gasteiger partial charge in [0.05, 0.1) is 29.6 Å². The van der Waals surface area contributed by atoms with E-state index in [1.54, 1.807) is 34.6 Å². The molecular formula is C36H45LiN2O6S2. The Bertz CT molecular complexity index is 1600. The van der Waals surface area contributed by atoms with Gasteiger partial charge in [0.1, 0.15) is 0 Å². The molecule has 2 atom stereocenters. The number of benzene rings is 3. The fraction of sp³-hybridized carbons (Fsp3) is 0.444. The van der Waals surface area contributed by atoms with Crippen molar-refractivity contribution < 1.29 is 46.7 Å². The summed E-state index contributed by atoms with van der Waals surface area (Å²) < 4.78 is 34.6. The molecule has 0 bridgehead atoms. The summed E-state index contributed by atoms with van der Waals surface area (Å²) >= 11 is 1.51. The number of rotatable bonds is 13. The maximum Gasteiger partial charge on any atom is 1.00 e. The van der Waals surface area contributed by atoms with E-state index >= 15 is 0 Å². The smallest absolute Gasteiger partial charge is 0.548 e. The Morgan fingerprint density at radius 3 is 2.23 bits per heavy atom. The fourth-order valence-electron chi connectivity index (χ4n) is 6.14. The first-order valence-electron chi connectivity index (χ1n) is 15.7. The van der Waals surface area contributed by atoms with Crippen molar-refractivity contribution in [3.05, 3.63) is 89.5 Å². The summed E-state index contributed by atoms with van der Waals surface area (Å²) in [6.45, 7) is 9.57. The summed E-state index contributed by atoms with van der Waals surface area (Å²) in [4.78, 5) is 25.5. The van der Waals surface area contributed by atoms with Crippen molar-refractivity contribution in [2.45, 2.75) is 70.6 Å². The van der Waals surface area contributed by atoms with Gasteiger partial charge in [-0.2, -0.15) is 16.1 Å². The van der Waals surface area contributed by atoms with Gasteiger partial charge in [0.2, 0.25) is 10.0 Å². The molecule has 4 rings (SSSR count). The molecule has 1 aliphatic heterocycles. The summed E-state index contributed by atoms with van der Waals surface area (Å²) in [6.07, 6.45) is 3.41. The Balaban J connectivity index is 0.00000600. The van der Waals surface area contributed by atoms with E-state index in [1.165, 1.54) is 11.8 Å². The number of nitrogens with zero attached hydrogens (tertiary/aromatic N) is 1. The minimum atomic E-state index is -3.54. The zero-order chi connectivity index (χ0) is 33.5. The van der Waals surface area contributed by atoms with Crippen LogP contribution in [0.2, 0.25) is 0 Å². The van der Waals surface area contributed by atoms with Crippen LogP contribution in [0.25, 0.3) is 11.1 Å². The summed E-state index contributed by atoms with van der Waals surface area (Å²) in [7, 11) is -3.54. The molecule has 11 heteroatoms. The average Bonchev–Trinajstić information content (AvgIpc) is 3.03. The number of ether oxygens (including phenoxy) is 1. The van der Waals surface area contributed by atoms with E-state index in [1.807, 2.05) is 55.6 Å². The molecule has 1 N–H and O–H groups in total. The maximum atomic E-state index is 13.4. The molecule has 1 fully saturated rings. The van der Waals surface area contributed by atoms with Gasteiger partial charge in [-0.15, -0.1) is 0 Å². The summed E-state index contributed by atoms with van der Waals surface area (Å²) in [5.41, 5.74) is 3.63. The van der Waals surface area contributed by atoms with Crippen molar-refractivity contribution in [1.82, 2.24) is 9.62 Å². The van der Waals surface area contributed by atoms with Crippen molar-refractivity contribution >= 4 is 33.7 Å². The number of carbonyl (C=O) groups excluding carboxylic acids is 2. The van der Waals surface area contributed by atoms with Crippen LogP contribution in [0.4, 0.5) is 0 Å². The molecule has 1 heterocycles. The van der Waals surface area contributed by atoms with Crippen LogP contribution in [-0.2, 0) is 26.2 Å². The van der Waals surface area contributed by atoms with E-state index in [-0.39, 0.29) is 42.7 Å². The van der Waals surface area contributed by atoms with Gasteiger partial charge < -0.3 is 20.0 Å². The number of thioether (sulfide) groups is 1. The number of piperidine rings is 1. The molecule has 0 saturated carbocycles. The van der Waals surface area contributed by atoms with Gasteiger partial charge >= 0.3 is 18.9 Å². The molecule has 0 aromatic heterocycles. The van der Waals surface area contributed by atoms with Crippen molar-refractivity contribution in [3.63, 3.8) is 0 Å². The van der Waals surface area contributed by atoms with E-state index in [2.05, 4.69) is 26.1 Å². The molecule has 1 amide bonds. The van der Waals surface area contributed by atoms with Gasteiger partial charge in [0.15, 0.2) is 0 Å². The maximum absolute atomic E-state index is 13.4. The van der Waals surface area contributed by atoms with Crippen LogP contribution in [0.5, 0.6) is 0 Å². The van der Waals surface area contributed by atoms with Crippen molar-refractivity contribution in [3.8, 4) is 11.1 Å². The van der Waals surface area contributed by atoms with Crippen LogP contribution in [0.15, 0.2) is 77.7 Å². The molecule has 0 radical (unpaired) electrons. The number of sulfonamides is 1. The van der Waals surface area contributed by atoms with Gasteiger partial charge in [-0.25, -0.2) is 8.42 Å². The van der Waals surface area contributed by atoms with Gasteiger partial charge in [-0.05, 0) is 96.0 Å². The minimum absolute atomic E-state index is 0. The number of nitrogens with one attached hydrogen (secondary N) is 1. The molecular weight excluding hydrogens is 627 g/mol. The number of aryl methyl sites for hydroxylation is 1. The minimum Gasteiger partial charge on any atom is -0.548 e. The molecule has 0 spiro atoms. The largest absolute Gasteiger partial charge is 1.00 e. The van der Waals surface area contributed by atoms with Gasteiger partial charge in [-0.1, -0.05) is 69.3 Å². The third-order valence-corrected chi connectivity index (χ3v) is 11.1. The first-order chi connectivity index (χ1) is 21.8. The zero-order valence-corrected chi connectivity index (χ0v) is 30.0. The number of hydrogen-bond donors (Lipinski definition) is 1. The van der Waals surface area contributed by atoms with Gasteiger partial charge in [0.25, 0.3) is 5.91 Å². The predicted molar refractivity (Wildman–Crippen MR) is 182 cm³/mol. The van der Waals surface area contributed by atoms with E-state index < -0.39 is 27.9 Å². The molecule has 1 aliphatic rings. The second-order valence-corrected chi connectivity index (χ2v) is 15.9. The average molecular weight is 673 g/mol. The number of aliphatic carboxylic acids is 1. The molecule has 248 valence electrons. The number of carboxylic acids is 1. The first-order valence-corrected chi connectivity index (χ1v) is 18.5. The third-order valence-electron chi connectivity index (χ3n) is 8.56. The SMILES string of the molecule is CSCC[C@H](NC(=O)c1ccc(COC(C2CCN(S(=O)(=O)c3ccccc3)CC2)C(C)(C)C)cc1-c1ccccc1C)C(=O)[O-].[Li+]. The monoisotopic (exact) mass is 672 g/mol. The molecule has 8 nitrogen and oxygen atoms in total. The van der Waals surface area contributed by atoms with Crippen LogP contribution < -0.4 is 29.3 Å². The number of carbonyl (C=O) groups is 2. The Labute approximate surface area is 296 Å². The van der Waals surface area contributed by atoms with Crippen LogP contribution in [0, 0.1) is 18.3 Å². The summed E-state index contributed by atoms with van der Waals surface area (Å²) in [5, 5.41) is 14.4. The van der Waals surface area contributed by atoms with Crippen LogP contribution in [0.3, 0.4) is 0 Å². The Hall–Kier alpha value is -2.58. The van der Waals surface area contributed by atoms with Gasteiger partial charge in [-0.3, -0.25) is 4.79 Å². The topological polar surface area (TPSA) is 116 Å². The zero-order valence-electron chi connectivity index (χ0n) is 28.3. The second kappa shape index (κ2) is 17.2. The molecule has 3 aromatic rings. The second-order valence-electron chi connectivity index (χ2n) is 13.0. The molecule has 1 saturated heterocycles. The van der Waals surface area contributed by atoms with Crippen LogP contribution in [-0.4, -0.2) is 61.8 Å². The molecule has 1 unspecified atom stereocenters. The van der Waals surface area contributed by atoms with Crippen molar-refractivity contribution in [2.75, 3.05) is 25.1 Å². The number of carboxylic acid groups (broad SMARTS) is 1. The van der Waals surface area contributed by atoms with Crippen LogP contribution in [0.1, 0.15) is 61.5 Å². The van der Waals surface area contributed by atoms with Gasteiger partial charge in [0, 0.05) is 18.7 Å².